The van der Waals surface area contributed by atoms with Crippen molar-refractivity contribution >= 4 is 25.7 Å². The van der Waals surface area contributed by atoms with Gasteiger partial charge in [-0.1, -0.05) is 176 Å². The minimum Gasteiger partial charge on any atom is -0.462 e. The van der Waals surface area contributed by atoms with Gasteiger partial charge in [0.2, 0.25) is 0 Å². The number of phosphoric ester groups is 1. The molecule has 3 atom stereocenters. The molecular formula is C56H95O11P. The van der Waals surface area contributed by atoms with Crippen LogP contribution in [-0.2, 0) is 42.2 Å². The highest BCUT2D eigenvalue weighted by molar-refractivity contribution is 7.47. The van der Waals surface area contributed by atoms with E-state index in [-0.39, 0.29) is 25.9 Å². The summed E-state index contributed by atoms with van der Waals surface area (Å²) in [5.74, 6) is -1.52. The van der Waals surface area contributed by atoms with E-state index >= 15 is 0 Å². The highest BCUT2D eigenvalue weighted by Gasteiger charge is 2.28. The molecule has 0 aromatic heterocycles. The summed E-state index contributed by atoms with van der Waals surface area (Å²) in [4.78, 5) is 48.3. The molecule has 3 unspecified atom stereocenters. The van der Waals surface area contributed by atoms with Gasteiger partial charge in [0.15, 0.2) is 6.10 Å². The van der Waals surface area contributed by atoms with E-state index in [0.717, 1.165) is 141 Å². The molecule has 68 heavy (non-hydrogen) atoms. The maximum absolute atomic E-state index is 12.8. The van der Waals surface area contributed by atoms with Gasteiger partial charge in [-0.25, -0.2) is 4.57 Å². The van der Waals surface area contributed by atoms with E-state index in [1.807, 2.05) is 0 Å². The van der Waals surface area contributed by atoms with Crippen molar-refractivity contribution in [2.24, 2.45) is 0 Å². The second-order valence-corrected chi connectivity index (χ2v) is 18.7. The molecule has 0 spiro atoms. The topological polar surface area (TPSA) is 155 Å². The Hall–Kier alpha value is -3.34. The van der Waals surface area contributed by atoms with E-state index in [1.54, 1.807) is 0 Å². The van der Waals surface area contributed by atoms with Gasteiger partial charge in [0, 0.05) is 19.3 Å². The first kappa shape index (κ1) is 64.7. The van der Waals surface area contributed by atoms with Crippen LogP contribution < -0.4 is 0 Å². The number of carbonyl (C=O) groups excluding carboxylic acids is 3. The highest BCUT2D eigenvalue weighted by Crippen LogP contribution is 2.43. The van der Waals surface area contributed by atoms with E-state index in [4.69, 9.17) is 23.3 Å². The quantitative estimate of drug-likeness (QED) is 0.0197. The number of allylic oxidation sites excluding steroid dienone is 14. The number of aliphatic hydroxyl groups excluding tert-OH is 1. The van der Waals surface area contributed by atoms with E-state index < -0.39 is 57.8 Å². The Morgan fingerprint density at radius 1 is 0.426 bits per heavy atom. The predicted octanol–water partition coefficient (Wildman–Crippen LogP) is 15.1. The molecule has 12 heteroatoms. The summed E-state index contributed by atoms with van der Waals surface area (Å²) >= 11 is 0. The molecule has 0 aliphatic carbocycles. The van der Waals surface area contributed by atoms with E-state index in [1.165, 1.54) is 12.8 Å². The number of phosphoric acid groups is 1. The van der Waals surface area contributed by atoms with Crippen molar-refractivity contribution in [3.63, 3.8) is 0 Å². The normalized spacial score (nSPS) is 14.1. The standard InChI is InChI=1S/C56H95O11P/c1-4-7-10-13-16-19-22-24-26-28-31-33-36-39-42-45-54(58)63-49-53(67-56(60)47-44-41-38-35-32-29-27-25-23-20-17-14-11-8-5-2)51-65-68(61,62)64-50-52(48-57)66-55(59)46-43-40-37-34-30-21-18-15-12-9-6-3/h7-8,10-11,15-20,24-27,52-53,57H,4-6,9,12-14,21-23,28-51H2,1-3H3,(H,61,62)/b10-7-,11-8-,18-15-,19-16-,20-17-,26-24-,27-25-. The van der Waals surface area contributed by atoms with E-state index in [9.17, 15) is 28.9 Å². The Kier molecular flexibility index (Phi) is 47.6. The molecule has 0 heterocycles. The summed E-state index contributed by atoms with van der Waals surface area (Å²) < 4.78 is 39.3. The first-order valence-corrected chi connectivity index (χ1v) is 28.0. The van der Waals surface area contributed by atoms with Gasteiger partial charge in [-0.3, -0.25) is 23.4 Å². The number of hydrogen-bond donors (Lipinski definition) is 2. The average molecular weight is 975 g/mol. The van der Waals surface area contributed by atoms with Crippen molar-refractivity contribution in [1.29, 1.82) is 0 Å². The summed E-state index contributed by atoms with van der Waals surface area (Å²) in [7, 11) is -4.75. The third-order valence-electron chi connectivity index (χ3n) is 10.8. The SMILES string of the molecule is CC/C=C\C/C=C\C/C=C\CCCCCCCC(=O)OCC(COP(=O)(O)OCC(CO)OC(=O)CCCCCCC/C=C\CCCC)OC(=O)CCCCCCC/C=C\C/C=C\C/C=C\CC. The lowest BCUT2D eigenvalue weighted by Gasteiger charge is -2.21. The third kappa shape index (κ3) is 47.7. The van der Waals surface area contributed by atoms with Crippen LogP contribution in [0.25, 0.3) is 0 Å². The molecule has 0 aromatic rings. The molecule has 0 radical (unpaired) electrons. The molecule has 0 saturated heterocycles. The van der Waals surface area contributed by atoms with Crippen molar-refractivity contribution in [3.8, 4) is 0 Å². The molecule has 0 fully saturated rings. The Balaban J connectivity index is 4.81. The fourth-order valence-electron chi connectivity index (χ4n) is 6.78. The molecule has 0 aliphatic rings. The molecule has 0 aromatic carbocycles. The maximum atomic E-state index is 12.8. The Morgan fingerprint density at radius 3 is 1.19 bits per heavy atom. The van der Waals surface area contributed by atoms with Gasteiger partial charge >= 0.3 is 25.7 Å². The van der Waals surface area contributed by atoms with Crippen LogP contribution >= 0.6 is 7.82 Å². The maximum Gasteiger partial charge on any atom is 0.472 e. The average Bonchev–Trinajstić information content (AvgIpc) is 3.32. The number of carbonyl (C=O) groups is 3. The summed E-state index contributed by atoms with van der Waals surface area (Å²) in [6.45, 7) is 4.31. The molecule has 0 aliphatic heterocycles. The molecular weight excluding hydrogens is 880 g/mol. The molecule has 0 rings (SSSR count). The van der Waals surface area contributed by atoms with Crippen molar-refractivity contribution in [3.05, 3.63) is 85.1 Å². The third-order valence-corrected chi connectivity index (χ3v) is 11.7. The van der Waals surface area contributed by atoms with Crippen LogP contribution in [0.2, 0.25) is 0 Å². The zero-order valence-electron chi connectivity index (χ0n) is 42.8. The van der Waals surface area contributed by atoms with Crippen LogP contribution in [0.3, 0.4) is 0 Å². The zero-order valence-corrected chi connectivity index (χ0v) is 43.7. The lowest BCUT2D eigenvalue weighted by Crippen LogP contribution is -2.30. The van der Waals surface area contributed by atoms with Crippen molar-refractivity contribution < 1.29 is 52.2 Å². The second kappa shape index (κ2) is 50.1. The lowest BCUT2D eigenvalue weighted by atomic mass is 10.1. The minimum atomic E-state index is -4.75. The number of esters is 3. The largest absolute Gasteiger partial charge is 0.472 e. The number of aliphatic hydroxyl groups is 1. The second-order valence-electron chi connectivity index (χ2n) is 17.3. The smallest absolute Gasteiger partial charge is 0.462 e. The van der Waals surface area contributed by atoms with Gasteiger partial charge < -0.3 is 24.2 Å². The van der Waals surface area contributed by atoms with Crippen molar-refractivity contribution in [1.82, 2.24) is 0 Å². The van der Waals surface area contributed by atoms with Crippen LogP contribution in [0.1, 0.15) is 213 Å². The first-order chi connectivity index (χ1) is 33.2. The molecule has 11 nitrogen and oxygen atoms in total. The zero-order chi connectivity index (χ0) is 49.9. The Bertz CT molecular complexity index is 1460. The molecule has 0 bridgehead atoms. The van der Waals surface area contributed by atoms with Gasteiger partial charge in [0.05, 0.1) is 19.8 Å². The predicted molar refractivity (Wildman–Crippen MR) is 279 cm³/mol. The van der Waals surface area contributed by atoms with Crippen LogP contribution in [0.5, 0.6) is 0 Å². The van der Waals surface area contributed by atoms with Crippen molar-refractivity contribution in [2.75, 3.05) is 26.4 Å². The Morgan fingerprint density at radius 2 is 0.765 bits per heavy atom. The molecule has 0 amide bonds. The minimum absolute atomic E-state index is 0.140. The summed E-state index contributed by atoms with van der Waals surface area (Å²) in [6, 6.07) is 0. The van der Waals surface area contributed by atoms with Crippen LogP contribution in [-0.4, -0.2) is 66.5 Å². The van der Waals surface area contributed by atoms with E-state index in [0.29, 0.717) is 19.3 Å². The monoisotopic (exact) mass is 975 g/mol. The summed E-state index contributed by atoms with van der Waals surface area (Å²) in [5, 5.41) is 9.77. The van der Waals surface area contributed by atoms with Gasteiger partial charge in [-0.15, -0.1) is 0 Å². The number of unbranched alkanes of at least 4 members (excludes halogenated alkanes) is 17. The summed E-state index contributed by atoms with van der Waals surface area (Å²) in [5.41, 5.74) is 0. The van der Waals surface area contributed by atoms with Gasteiger partial charge in [-0.05, 0) is 103 Å². The van der Waals surface area contributed by atoms with Crippen LogP contribution in [0.4, 0.5) is 0 Å². The van der Waals surface area contributed by atoms with Crippen molar-refractivity contribution in [2.45, 2.75) is 226 Å². The van der Waals surface area contributed by atoms with Crippen LogP contribution in [0.15, 0.2) is 85.1 Å². The number of rotatable bonds is 48. The van der Waals surface area contributed by atoms with E-state index in [2.05, 4.69) is 106 Å². The van der Waals surface area contributed by atoms with Gasteiger partial charge in [0.1, 0.15) is 12.7 Å². The molecule has 2 N–H and O–H groups in total. The number of hydrogen-bond acceptors (Lipinski definition) is 10. The summed E-state index contributed by atoms with van der Waals surface area (Å²) in [6.07, 6.45) is 55.5. The molecule has 390 valence electrons. The Labute approximate surface area is 413 Å². The lowest BCUT2D eigenvalue weighted by molar-refractivity contribution is -0.161. The first-order valence-electron chi connectivity index (χ1n) is 26.5. The fraction of sp³-hybridized carbons (Fsp3) is 0.696. The number of ether oxygens (including phenoxy) is 3. The molecule has 0 saturated carbocycles. The fourth-order valence-corrected chi connectivity index (χ4v) is 7.56. The van der Waals surface area contributed by atoms with Gasteiger partial charge in [-0.2, -0.15) is 0 Å². The van der Waals surface area contributed by atoms with Crippen LogP contribution in [0, 0.1) is 0 Å². The highest BCUT2D eigenvalue weighted by atomic mass is 31.2. The van der Waals surface area contributed by atoms with Gasteiger partial charge in [0.25, 0.3) is 0 Å².